The normalized spacial score (nSPS) is 18.6. The molecule has 0 saturated heterocycles. The first-order valence-electron chi connectivity index (χ1n) is 6.75. The van der Waals surface area contributed by atoms with E-state index in [2.05, 4.69) is 19.1 Å². The lowest BCUT2D eigenvalue weighted by molar-refractivity contribution is 0.0842. The van der Waals surface area contributed by atoms with Gasteiger partial charge in [0, 0.05) is 0 Å². The maximum absolute atomic E-state index is 10.3. The minimum absolute atomic E-state index is 0.575. The number of unbranched alkanes of at least 4 members (excludes halogenated alkanes) is 5. The van der Waals surface area contributed by atoms with Crippen LogP contribution in [0.25, 0.3) is 0 Å². The van der Waals surface area contributed by atoms with Crippen LogP contribution in [0.15, 0.2) is 23.8 Å². The summed E-state index contributed by atoms with van der Waals surface area (Å²) in [6.45, 7) is 4.20. The minimum atomic E-state index is -0.575. The Labute approximate surface area is 100 Å². The van der Waals surface area contributed by atoms with Crippen molar-refractivity contribution in [2.75, 3.05) is 0 Å². The van der Waals surface area contributed by atoms with Crippen molar-refractivity contribution in [1.82, 2.24) is 0 Å². The van der Waals surface area contributed by atoms with E-state index < -0.39 is 5.60 Å². The van der Waals surface area contributed by atoms with Crippen LogP contribution in [0.5, 0.6) is 0 Å². The summed E-state index contributed by atoms with van der Waals surface area (Å²) in [7, 11) is 0. The zero-order valence-corrected chi connectivity index (χ0v) is 10.8. The van der Waals surface area contributed by atoms with Gasteiger partial charge in [0.15, 0.2) is 0 Å². The molecule has 92 valence electrons. The van der Waals surface area contributed by atoms with Crippen molar-refractivity contribution < 1.29 is 5.11 Å². The molecule has 1 aliphatic carbocycles. The van der Waals surface area contributed by atoms with E-state index in [0.717, 1.165) is 19.3 Å². The fourth-order valence-corrected chi connectivity index (χ4v) is 2.26. The fourth-order valence-electron chi connectivity index (χ4n) is 2.26. The Morgan fingerprint density at radius 1 is 1.19 bits per heavy atom. The van der Waals surface area contributed by atoms with Gasteiger partial charge in [0.2, 0.25) is 0 Å². The van der Waals surface area contributed by atoms with E-state index in [4.69, 9.17) is 0 Å². The quantitative estimate of drug-likeness (QED) is 0.604. The van der Waals surface area contributed by atoms with Crippen LogP contribution < -0.4 is 0 Å². The predicted molar refractivity (Wildman–Crippen MR) is 70.5 cm³/mol. The Kier molecular flexibility index (Phi) is 5.83. The molecule has 1 rings (SSSR count). The van der Waals surface area contributed by atoms with E-state index in [1.807, 2.05) is 13.0 Å². The molecule has 0 spiro atoms. The summed E-state index contributed by atoms with van der Waals surface area (Å²) >= 11 is 0. The summed E-state index contributed by atoms with van der Waals surface area (Å²) in [5.74, 6) is 0. The molecule has 0 saturated carbocycles. The molecular formula is C15H26O. The number of allylic oxidation sites excluding steroid dienone is 3. The molecular weight excluding hydrogens is 196 g/mol. The van der Waals surface area contributed by atoms with Gasteiger partial charge in [-0.3, -0.25) is 0 Å². The van der Waals surface area contributed by atoms with Gasteiger partial charge < -0.3 is 5.11 Å². The monoisotopic (exact) mass is 222 g/mol. The third-order valence-corrected chi connectivity index (χ3v) is 3.48. The van der Waals surface area contributed by atoms with Crippen LogP contribution in [0.4, 0.5) is 0 Å². The van der Waals surface area contributed by atoms with Gasteiger partial charge in [0.05, 0.1) is 5.60 Å². The lowest BCUT2D eigenvalue weighted by atomic mass is 9.89. The average molecular weight is 222 g/mol. The Morgan fingerprint density at radius 3 is 2.50 bits per heavy atom. The van der Waals surface area contributed by atoms with Gasteiger partial charge in [-0.2, -0.15) is 0 Å². The van der Waals surface area contributed by atoms with Crippen molar-refractivity contribution in [1.29, 1.82) is 0 Å². The summed E-state index contributed by atoms with van der Waals surface area (Å²) in [6.07, 6.45) is 15.8. The SMILES string of the molecule is CCCCCCCCC(C)(O)C1=CC=CC1. The number of hydrogen-bond donors (Lipinski definition) is 1. The van der Waals surface area contributed by atoms with E-state index in [9.17, 15) is 5.11 Å². The van der Waals surface area contributed by atoms with Crippen molar-refractivity contribution in [2.24, 2.45) is 0 Å². The molecule has 0 aromatic heterocycles. The molecule has 0 amide bonds. The van der Waals surface area contributed by atoms with Gasteiger partial charge in [-0.15, -0.1) is 0 Å². The first kappa shape index (κ1) is 13.5. The summed E-state index contributed by atoms with van der Waals surface area (Å²) in [5, 5.41) is 10.3. The second kappa shape index (κ2) is 6.90. The first-order chi connectivity index (χ1) is 7.67. The molecule has 0 aromatic rings. The molecule has 0 heterocycles. The molecule has 0 radical (unpaired) electrons. The Balaban J connectivity index is 2.11. The number of aliphatic hydroxyl groups is 1. The smallest absolute Gasteiger partial charge is 0.0834 e. The van der Waals surface area contributed by atoms with Crippen LogP contribution in [-0.2, 0) is 0 Å². The lowest BCUT2D eigenvalue weighted by Gasteiger charge is -2.25. The maximum Gasteiger partial charge on any atom is 0.0834 e. The summed E-state index contributed by atoms with van der Waals surface area (Å²) in [4.78, 5) is 0. The molecule has 1 atom stereocenters. The molecule has 1 nitrogen and oxygen atoms in total. The third-order valence-electron chi connectivity index (χ3n) is 3.48. The van der Waals surface area contributed by atoms with Crippen molar-refractivity contribution in [3.63, 3.8) is 0 Å². The van der Waals surface area contributed by atoms with Gasteiger partial charge in [-0.1, -0.05) is 63.7 Å². The predicted octanol–water partition coefficient (Wildman–Crippen LogP) is 4.37. The van der Waals surface area contributed by atoms with Crippen LogP contribution >= 0.6 is 0 Å². The molecule has 0 aromatic carbocycles. The van der Waals surface area contributed by atoms with Crippen molar-refractivity contribution in [2.45, 2.75) is 70.8 Å². The molecule has 16 heavy (non-hydrogen) atoms. The van der Waals surface area contributed by atoms with Crippen molar-refractivity contribution in [3.8, 4) is 0 Å². The van der Waals surface area contributed by atoms with Crippen molar-refractivity contribution >= 4 is 0 Å². The van der Waals surface area contributed by atoms with Gasteiger partial charge >= 0.3 is 0 Å². The molecule has 1 N–H and O–H groups in total. The highest BCUT2D eigenvalue weighted by atomic mass is 16.3. The van der Waals surface area contributed by atoms with E-state index >= 15 is 0 Å². The van der Waals surface area contributed by atoms with Crippen LogP contribution in [0.3, 0.4) is 0 Å². The van der Waals surface area contributed by atoms with Gasteiger partial charge in [-0.05, 0) is 25.3 Å². The van der Waals surface area contributed by atoms with E-state index in [1.165, 1.54) is 37.7 Å². The zero-order valence-electron chi connectivity index (χ0n) is 10.8. The van der Waals surface area contributed by atoms with E-state index in [0.29, 0.717) is 0 Å². The molecule has 1 unspecified atom stereocenters. The van der Waals surface area contributed by atoms with Gasteiger partial charge in [0.25, 0.3) is 0 Å². The number of rotatable bonds is 8. The third kappa shape index (κ3) is 4.52. The second-order valence-electron chi connectivity index (χ2n) is 5.12. The topological polar surface area (TPSA) is 20.2 Å². The fraction of sp³-hybridized carbons (Fsp3) is 0.733. The molecule has 0 fully saturated rings. The standard InChI is InChI=1S/C15H26O/c1-3-4-5-6-7-10-13-15(2,16)14-11-8-9-12-14/h8-9,11,16H,3-7,10,12-13H2,1-2H3. The maximum atomic E-state index is 10.3. The van der Waals surface area contributed by atoms with E-state index in [1.54, 1.807) is 0 Å². The first-order valence-corrected chi connectivity index (χ1v) is 6.75. The molecule has 1 heteroatoms. The minimum Gasteiger partial charge on any atom is -0.386 e. The molecule has 0 bridgehead atoms. The summed E-state index contributed by atoms with van der Waals surface area (Å²) in [6, 6.07) is 0. The lowest BCUT2D eigenvalue weighted by Crippen LogP contribution is -2.26. The Morgan fingerprint density at radius 2 is 1.88 bits per heavy atom. The van der Waals surface area contributed by atoms with Gasteiger partial charge in [-0.25, -0.2) is 0 Å². The number of hydrogen-bond acceptors (Lipinski definition) is 1. The zero-order chi connectivity index (χ0) is 11.9. The summed E-state index contributed by atoms with van der Waals surface area (Å²) < 4.78 is 0. The van der Waals surface area contributed by atoms with Crippen LogP contribution in [0.2, 0.25) is 0 Å². The van der Waals surface area contributed by atoms with E-state index in [-0.39, 0.29) is 0 Å². The Bertz CT molecular complexity index is 248. The summed E-state index contributed by atoms with van der Waals surface area (Å²) in [5.41, 5.74) is 0.606. The highest BCUT2D eigenvalue weighted by molar-refractivity contribution is 5.29. The van der Waals surface area contributed by atoms with Gasteiger partial charge in [0.1, 0.15) is 0 Å². The van der Waals surface area contributed by atoms with Crippen molar-refractivity contribution in [3.05, 3.63) is 23.8 Å². The average Bonchev–Trinajstić information content (AvgIpc) is 2.77. The van der Waals surface area contributed by atoms with Crippen LogP contribution in [0, 0.1) is 0 Å². The largest absolute Gasteiger partial charge is 0.386 e. The van der Waals surface area contributed by atoms with Crippen LogP contribution in [0.1, 0.15) is 65.2 Å². The second-order valence-corrected chi connectivity index (χ2v) is 5.12. The highest BCUT2D eigenvalue weighted by Crippen LogP contribution is 2.29. The van der Waals surface area contributed by atoms with Crippen LogP contribution in [-0.4, -0.2) is 10.7 Å². The molecule has 1 aliphatic rings. The Hall–Kier alpha value is -0.560. The highest BCUT2D eigenvalue weighted by Gasteiger charge is 2.24. The molecule has 0 aliphatic heterocycles.